The van der Waals surface area contributed by atoms with Crippen molar-refractivity contribution in [1.82, 2.24) is 9.38 Å². The first kappa shape index (κ1) is 17.8. The molecule has 1 N–H and O–H groups in total. The van der Waals surface area contributed by atoms with Crippen molar-refractivity contribution in [2.75, 3.05) is 12.4 Å². The van der Waals surface area contributed by atoms with Gasteiger partial charge in [0, 0.05) is 24.4 Å². The molecule has 0 aliphatic carbocycles. The number of ether oxygens (including phenoxy) is 1. The van der Waals surface area contributed by atoms with Gasteiger partial charge in [-0.15, -0.1) is 0 Å². The van der Waals surface area contributed by atoms with Gasteiger partial charge in [-0.1, -0.05) is 36.4 Å². The zero-order valence-electron chi connectivity index (χ0n) is 15.6. The molecule has 2 aromatic carbocycles. The van der Waals surface area contributed by atoms with E-state index in [9.17, 15) is 4.79 Å². The Bertz CT molecular complexity index is 1070. The Morgan fingerprint density at radius 2 is 1.82 bits per heavy atom. The first-order chi connectivity index (χ1) is 13.7. The molecule has 28 heavy (non-hydrogen) atoms. The van der Waals surface area contributed by atoms with Gasteiger partial charge in [-0.25, -0.2) is 4.98 Å². The Morgan fingerprint density at radius 1 is 1.04 bits per heavy atom. The van der Waals surface area contributed by atoms with Crippen molar-refractivity contribution in [3.8, 4) is 17.0 Å². The molecule has 2 heterocycles. The maximum Gasteiger partial charge on any atom is 0.224 e. The molecule has 0 unspecified atom stereocenters. The summed E-state index contributed by atoms with van der Waals surface area (Å²) in [7, 11) is 1.64. The van der Waals surface area contributed by atoms with Crippen molar-refractivity contribution < 1.29 is 9.53 Å². The summed E-state index contributed by atoms with van der Waals surface area (Å²) in [4.78, 5) is 17.2. The number of pyridine rings is 1. The fraction of sp³-hybridized carbons (Fsp3) is 0.130. The molecule has 0 saturated carbocycles. The van der Waals surface area contributed by atoms with Crippen molar-refractivity contribution >= 4 is 17.2 Å². The second kappa shape index (κ2) is 7.96. The highest BCUT2D eigenvalue weighted by atomic mass is 16.5. The molecule has 0 radical (unpaired) electrons. The highest BCUT2D eigenvalue weighted by Crippen LogP contribution is 2.27. The fourth-order valence-corrected chi connectivity index (χ4v) is 3.14. The van der Waals surface area contributed by atoms with Crippen LogP contribution in [0.15, 0.2) is 79.1 Å². The lowest BCUT2D eigenvalue weighted by Gasteiger charge is -2.10. The van der Waals surface area contributed by atoms with Gasteiger partial charge in [0.2, 0.25) is 5.91 Å². The molecular formula is C23H21N3O2. The van der Waals surface area contributed by atoms with Gasteiger partial charge in [-0.2, -0.15) is 0 Å². The summed E-state index contributed by atoms with van der Waals surface area (Å²) in [5.74, 6) is 0.793. The highest BCUT2D eigenvalue weighted by Gasteiger charge is 2.11. The van der Waals surface area contributed by atoms with Gasteiger partial charge >= 0.3 is 0 Å². The van der Waals surface area contributed by atoms with Crippen LogP contribution in [0.2, 0.25) is 0 Å². The molecule has 2 aromatic heterocycles. The number of rotatable bonds is 6. The summed E-state index contributed by atoms with van der Waals surface area (Å²) in [5.41, 5.74) is 4.48. The van der Waals surface area contributed by atoms with Gasteiger partial charge in [-0.3, -0.25) is 4.79 Å². The Morgan fingerprint density at radius 3 is 2.61 bits per heavy atom. The van der Waals surface area contributed by atoms with Gasteiger partial charge in [0.15, 0.2) is 0 Å². The van der Waals surface area contributed by atoms with E-state index in [0.29, 0.717) is 12.8 Å². The number of amides is 1. The van der Waals surface area contributed by atoms with E-state index in [0.717, 1.165) is 33.9 Å². The summed E-state index contributed by atoms with van der Waals surface area (Å²) < 4.78 is 7.13. The van der Waals surface area contributed by atoms with Crippen LogP contribution in [0.1, 0.15) is 12.0 Å². The van der Waals surface area contributed by atoms with Crippen LogP contribution in [0.5, 0.6) is 5.75 Å². The topological polar surface area (TPSA) is 55.6 Å². The Labute approximate surface area is 163 Å². The van der Waals surface area contributed by atoms with Gasteiger partial charge in [-0.05, 0) is 42.3 Å². The van der Waals surface area contributed by atoms with Crippen LogP contribution in [0.3, 0.4) is 0 Å². The standard InChI is InChI=1S/C23H21N3O2/c1-28-18-12-9-17(10-13-18)11-14-23(27)25-20-7-3-2-6-19(20)21-16-26-15-5-4-8-22(26)24-21/h2-10,12-13,15-16H,11,14H2,1H3,(H,25,27). The maximum atomic E-state index is 12.5. The van der Waals surface area contributed by atoms with Gasteiger partial charge in [0.25, 0.3) is 0 Å². The second-order valence-corrected chi connectivity index (χ2v) is 6.53. The zero-order chi connectivity index (χ0) is 19.3. The minimum Gasteiger partial charge on any atom is -0.497 e. The molecule has 4 rings (SSSR count). The van der Waals surface area contributed by atoms with E-state index >= 15 is 0 Å². The van der Waals surface area contributed by atoms with Crippen molar-refractivity contribution in [2.45, 2.75) is 12.8 Å². The average Bonchev–Trinajstić information content (AvgIpc) is 3.17. The van der Waals surface area contributed by atoms with Crippen LogP contribution < -0.4 is 10.1 Å². The predicted molar refractivity (Wildman–Crippen MR) is 111 cm³/mol. The fourth-order valence-electron chi connectivity index (χ4n) is 3.14. The number of methoxy groups -OCH3 is 1. The van der Waals surface area contributed by atoms with Crippen molar-refractivity contribution in [3.05, 3.63) is 84.7 Å². The van der Waals surface area contributed by atoms with E-state index in [1.165, 1.54) is 0 Å². The number of imidazole rings is 1. The third-order valence-electron chi connectivity index (χ3n) is 4.64. The second-order valence-electron chi connectivity index (χ2n) is 6.53. The molecule has 5 heteroatoms. The van der Waals surface area contributed by atoms with Crippen molar-refractivity contribution in [2.24, 2.45) is 0 Å². The van der Waals surface area contributed by atoms with Gasteiger partial charge < -0.3 is 14.5 Å². The number of fused-ring (bicyclic) bond motifs is 1. The monoisotopic (exact) mass is 371 g/mol. The van der Waals surface area contributed by atoms with Crippen molar-refractivity contribution in [1.29, 1.82) is 0 Å². The van der Waals surface area contributed by atoms with E-state index in [-0.39, 0.29) is 5.91 Å². The quantitative estimate of drug-likeness (QED) is 0.540. The number of carbonyl (C=O) groups is 1. The highest BCUT2D eigenvalue weighted by molar-refractivity contribution is 5.95. The average molecular weight is 371 g/mol. The van der Waals surface area contributed by atoms with Crippen LogP contribution in [0, 0.1) is 0 Å². The molecule has 1 amide bonds. The number of hydrogen-bond acceptors (Lipinski definition) is 3. The third kappa shape index (κ3) is 3.88. The molecule has 5 nitrogen and oxygen atoms in total. The number of nitrogens with one attached hydrogen (secondary N) is 1. The first-order valence-electron chi connectivity index (χ1n) is 9.19. The number of aromatic nitrogens is 2. The van der Waals surface area contributed by atoms with Crippen LogP contribution in [0.4, 0.5) is 5.69 Å². The first-order valence-corrected chi connectivity index (χ1v) is 9.19. The summed E-state index contributed by atoms with van der Waals surface area (Å²) in [6.07, 6.45) is 5.01. The minimum absolute atomic E-state index is 0.0213. The number of nitrogens with zero attached hydrogens (tertiary/aromatic N) is 2. The van der Waals surface area contributed by atoms with Crippen LogP contribution in [-0.4, -0.2) is 22.4 Å². The normalized spacial score (nSPS) is 10.8. The summed E-state index contributed by atoms with van der Waals surface area (Å²) in [5, 5.41) is 3.03. The van der Waals surface area contributed by atoms with Crippen LogP contribution >= 0.6 is 0 Å². The summed E-state index contributed by atoms with van der Waals surface area (Å²) in [6, 6.07) is 21.4. The number of carbonyl (C=O) groups excluding carboxylic acids is 1. The summed E-state index contributed by atoms with van der Waals surface area (Å²) in [6.45, 7) is 0. The molecule has 0 spiro atoms. The van der Waals surface area contributed by atoms with Gasteiger partial charge in [0.1, 0.15) is 11.4 Å². The van der Waals surface area contributed by atoms with E-state index in [2.05, 4.69) is 10.3 Å². The summed E-state index contributed by atoms with van der Waals surface area (Å²) >= 11 is 0. The molecule has 0 aliphatic rings. The molecule has 0 aliphatic heterocycles. The van der Waals surface area contributed by atoms with Gasteiger partial charge in [0.05, 0.1) is 18.5 Å². The van der Waals surface area contributed by atoms with Crippen LogP contribution in [-0.2, 0) is 11.2 Å². The SMILES string of the molecule is COc1ccc(CCC(=O)Nc2ccccc2-c2cn3ccccc3n2)cc1. The number of benzene rings is 2. The lowest BCUT2D eigenvalue weighted by molar-refractivity contribution is -0.116. The van der Waals surface area contributed by atoms with Crippen molar-refractivity contribution in [3.63, 3.8) is 0 Å². The number of aryl methyl sites for hydroxylation is 1. The molecule has 0 bridgehead atoms. The molecule has 0 saturated heterocycles. The largest absolute Gasteiger partial charge is 0.497 e. The zero-order valence-corrected chi connectivity index (χ0v) is 15.6. The Balaban J connectivity index is 1.47. The molecule has 0 atom stereocenters. The molecule has 4 aromatic rings. The third-order valence-corrected chi connectivity index (χ3v) is 4.64. The predicted octanol–water partition coefficient (Wildman–Crippen LogP) is 4.58. The van der Waals surface area contributed by atoms with Crippen LogP contribution in [0.25, 0.3) is 16.9 Å². The molecule has 0 fully saturated rings. The maximum absolute atomic E-state index is 12.5. The van der Waals surface area contributed by atoms with E-state index in [4.69, 9.17) is 4.74 Å². The Kier molecular flexibility index (Phi) is 5.06. The lowest BCUT2D eigenvalue weighted by Crippen LogP contribution is -2.13. The number of hydrogen-bond donors (Lipinski definition) is 1. The Hall–Kier alpha value is -3.60. The molecule has 140 valence electrons. The number of anilines is 1. The minimum atomic E-state index is -0.0213. The lowest BCUT2D eigenvalue weighted by atomic mass is 10.1. The smallest absolute Gasteiger partial charge is 0.224 e. The number of para-hydroxylation sites is 1. The van der Waals surface area contributed by atoms with E-state index < -0.39 is 0 Å². The van der Waals surface area contributed by atoms with E-state index in [1.807, 2.05) is 83.5 Å². The van der Waals surface area contributed by atoms with E-state index in [1.54, 1.807) is 7.11 Å². The molecular weight excluding hydrogens is 350 g/mol.